The molecule has 0 bridgehead atoms. The molecule has 1 saturated heterocycles. The topological polar surface area (TPSA) is 75.7 Å². The van der Waals surface area contributed by atoms with Gasteiger partial charge in [0.2, 0.25) is 11.8 Å². The van der Waals surface area contributed by atoms with Crippen LogP contribution in [0.4, 0.5) is 11.4 Å². The molecule has 0 saturated carbocycles. The van der Waals surface area contributed by atoms with Gasteiger partial charge in [-0.3, -0.25) is 9.59 Å². The summed E-state index contributed by atoms with van der Waals surface area (Å²) in [6.45, 7) is 2.45. The largest absolute Gasteiger partial charge is 0.463 e. The van der Waals surface area contributed by atoms with E-state index in [1.807, 2.05) is 30.5 Å². The molecule has 1 aliphatic heterocycles. The Morgan fingerprint density at radius 2 is 1.87 bits per heavy atom. The smallest absolute Gasteiger partial charge is 0.330 e. The van der Waals surface area contributed by atoms with E-state index in [-0.39, 0.29) is 18.2 Å². The highest BCUT2D eigenvalue weighted by Gasteiger charge is 2.35. The molecule has 7 heteroatoms. The number of esters is 1. The first-order chi connectivity index (χ1) is 14.5. The Balaban J connectivity index is 1.58. The monoisotopic (exact) mass is 424 g/mol. The summed E-state index contributed by atoms with van der Waals surface area (Å²) in [6, 6.07) is 14.9. The Kier molecular flexibility index (Phi) is 7.30. The minimum atomic E-state index is -0.402. The van der Waals surface area contributed by atoms with Gasteiger partial charge in [0.05, 0.1) is 12.5 Å². The van der Waals surface area contributed by atoms with Gasteiger partial charge in [0.15, 0.2) is 0 Å². The van der Waals surface area contributed by atoms with Crippen molar-refractivity contribution in [3.8, 4) is 0 Å². The Morgan fingerprint density at radius 1 is 1.17 bits per heavy atom. The fraction of sp³-hybridized carbons (Fsp3) is 0.261. The maximum atomic E-state index is 12.6. The van der Waals surface area contributed by atoms with Gasteiger partial charge in [0, 0.05) is 35.3 Å². The molecule has 156 valence electrons. The van der Waals surface area contributed by atoms with Crippen LogP contribution in [0.5, 0.6) is 0 Å². The van der Waals surface area contributed by atoms with Crippen LogP contribution in [-0.2, 0) is 19.1 Å². The van der Waals surface area contributed by atoms with Crippen molar-refractivity contribution < 1.29 is 19.1 Å². The van der Waals surface area contributed by atoms with Crippen molar-refractivity contribution in [1.29, 1.82) is 0 Å². The van der Waals surface area contributed by atoms with Crippen molar-refractivity contribution in [2.45, 2.75) is 18.2 Å². The highest BCUT2D eigenvalue weighted by Crippen LogP contribution is 2.28. The summed E-state index contributed by atoms with van der Waals surface area (Å²) in [5.74, 6) is -1.03. The molecule has 0 aliphatic carbocycles. The molecule has 2 aromatic carbocycles. The zero-order valence-corrected chi connectivity index (χ0v) is 17.8. The molecule has 6 nitrogen and oxygen atoms in total. The van der Waals surface area contributed by atoms with Gasteiger partial charge in [-0.1, -0.05) is 12.1 Å². The summed E-state index contributed by atoms with van der Waals surface area (Å²) in [5, 5.41) is 2.87. The Morgan fingerprint density at radius 3 is 2.50 bits per heavy atom. The van der Waals surface area contributed by atoms with E-state index < -0.39 is 11.9 Å². The van der Waals surface area contributed by atoms with Crippen molar-refractivity contribution in [2.75, 3.05) is 29.6 Å². The maximum Gasteiger partial charge on any atom is 0.330 e. The van der Waals surface area contributed by atoms with Crippen molar-refractivity contribution >= 4 is 47.0 Å². The van der Waals surface area contributed by atoms with Gasteiger partial charge in [-0.15, -0.1) is 11.8 Å². The third-order valence-corrected chi connectivity index (χ3v) is 5.50. The first-order valence-electron chi connectivity index (χ1n) is 9.70. The summed E-state index contributed by atoms with van der Waals surface area (Å²) >= 11 is 1.64. The number of benzene rings is 2. The minimum absolute atomic E-state index is 0.0495. The van der Waals surface area contributed by atoms with Crippen LogP contribution in [0.15, 0.2) is 59.5 Å². The second kappa shape index (κ2) is 10.1. The normalized spacial score (nSPS) is 16.1. The number of nitrogens with zero attached hydrogens (tertiary/aromatic N) is 1. The van der Waals surface area contributed by atoms with Gasteiger partial charge in [-0.25, -0.2) is 4.79 Å². The Hall–Kier alpha value is -3.06. The predicted octanol–water partition coefficient (Wildman–Crippen LogP) is 3.98. The van der Waals surface area contributed by atoms with Gasteiger partial charge in [0.1, 0.15) is 0 Å². The fourth-order valence-electron chi connectivity index (χ4n) is 3.17. The zero-order chi connectivity index (χ0) is 21.5. The lowest BCUT2D eigenvalue weighted by Gasteiger charge is -2.17. The van der Waals surface area contributed by atoms with E-state index in [1.54, 1.807) is 53.9 Å². The standard InChI is InChI=1S/C23H24N2O4S/c1-3-29-22(27)13-6-16-4-7-18(8-5-16)24-23(28)17-14-21(26)25(15-17)19-9-11-20(30-2)12-10-19/h4-13,17H,3,14-15H2,1-2H3,(H,24,28)/b13-6+. The second-order valence-corrected chi connectivity index (χ2v) is 7.68. The van der Waals surface area contributed by atoms with E-state index >= 15 is 0 Å². The van der Waals surface area contributed by atoms with Crippen LogP contribution < -0.4 is 10.2 Å². The molecule has 1 unspecified atom stereocenters. The number of carbonyl (C=O) groups excluding carboxylic acids is 3. The molecule has 0 radical (unpaired) electrons. The van der Waals surface area contributed by atoms with Crippen LogP contribution in [0.25, 0.3) is 6.08 Å². The van der Waals surface area contributed by atoms with Gasteiger partial charge in [0.25, 0.3) is 0 Å². The quantitative estimate of drug-likeness (QED) is 0.413. The highest BCUT2D eigenvalue weighted by atomic mass is 32.2. The van der Waals surface area contributed by atoms with Crippen molar-refractivity contribution in [2.24, 2.45) is 5.92 Å². The highest BCUT2D eigenvalue weighted by molar-refractivity contribution is 7.98. The summed E-state index contributed by atoms with van der Waals surface area (Å²) in [5.41, 5.74) is 2.27. The van der Waals surface area contributed by atoms with Crippen LogP contribution in [0.3, 0.4) is 0 Å². The molecule has 1 atom stereocenters. The molecule has 3 rings (SSSR count). The number of anilines is 2. The van der Waals surface area contributed by atoms with E-state index in [0.717, 1.165) is 16.1 Å². The number of nitrogens with one attached hydrogen (secondary N) is 1. The number of carbonyl (C=O) groups is 3. The number of hydrogen-bond acceptors (Lipinski definition) is 5. The number of rotatable bonds is 7. The SMILES string of the molecule is CCOC(=O)/C=C/c1ccc(NC(=O)C2CC(=O)N(c3ccc(SC)cc3)C2)cc1. The molecule has 0 aromatic heterocycles. The Labute approximate surface area is 180 Å². The molecule has 1 fully saturated rings. The molecular formula is C23H24N2O4S. The van der Waals surface area contributed by atoms with E-state index in [2.05, 4.69) is 5.32 Å². The molecule has 2 aromatic rings. The molecule has 0 spiro atoms. The number of thioether (sulfide) groups is 1. The molecule has 2 amide bonds. The van der Waals surface area contributed by atoms with Crippen molar-refractivity contribution in [3.63, 3.8) is 0 Å². The minimum Gasteiger partial charge on any atom is -0.463 e. The number of amides is 2. The first-order valence-corrected chi connectivity index (χ1v) is 10.9. The number of hydrogen-bond donors (Lipinski definition) is 1. The fourth-order valence-corrected chi connectivity index (χ4v) is 3.58. The molecular weight excluding hydrogens is 400 g/mol. The molecule has 1 N–H and O–H groups in total. The van der Waals surface area contributed by atoms with Crippen LogP contribution in [-0.4, -0.2) is 37.2 Å². The molecule has 1 aliphatic rings. The van der Waals surface area contributed by atoms with Gasteiger partial charge < -0.3 is 15.0 Å². The van der Waals surface area contributed by atoms with Crippen molar-refractivity contribution in [3.05, 3.63) is 60.2 Å². The predicted molar refractivity (Wildman–Crippen MR) is 119 cm³/mol. The van der Waals surface area contributed by atoms with E-state index in [9.17, 15) is 14.4 Å². The number of ether oxygens (including phenoxy) is 1. The Bertz CT molecular complexity index is 939. The second-order valence-electron chi connectivity index (χ2n) is 6.80. The maximum absolute atomic E-state index is 12.6. The van der Waals surface area contributed by atoms with E-state index in [1.165, 1.54) is 6.08 Å². The average molecular weight is 425 g/mol. The summed E-state index contributed by atoms with van der Waals surface area (Å²) in [6.07, 6.45) is 5.21. The van der Waals surface area contributed by atoms with Gasteiger partial charge in [-0.05, 0) is 61.2 Å². The average Bonchev–Trinajstić information content (AvgIpc) is 3.15. The third kappa shape index (κ3) is 5.51. The summed E-state index contributed by atoms with van der Waals surface area (Å²) in [4.78, 5) is 39.2. The molecule has 1 heterocycles. The van der Waals surface area contributed by atoms with Crippen molar-refractivity contribution in [1.82, 2.24) is 0 Å². The third-order valence-electron chi connectivity index (χ3n) is 4.76. The van der Waals surface area contributed by atoms with E-state index in [4.69, 9.17) is 4.74 Å². The lowest BCUT2D eigenvalue weighted by atomic mass is 10.1. The van der Waals surface area contributed by atoms with Crippen LogP contribution >= 0.6 is 11.8 Å². The summed E-state index contributed by atoms with van der Waals surface area (Å²) in [7, 11) is 0. The van der Waals surface area contributed by atoms with Gasteiger partial charge in [-0.2, -0.15) is 0 Å². The molecule has 30 heavy (non-hydrogen) atoms. The van der Waals surface area contributed by atoms with Crippen LogP contribution in [0.1, 0.15) is 18.9 Å². The lowest BCUT2D eigenvalue weighted by molar-refractivity contribution is -0.137. The van der Waals surface area contributed by atoms with Crippen LogP contribution in [0.2, 0.25) is 0 Å². The zero-order valence-electron chi connectivity index (χ0n) is 17.0. The van der Waals surface area contributed by atoms with E-state index in [0.29, 0.717) is 18.8 Å². The van der Waals surface area contributed by atoms with Crippen LogP contribution in [0, 0.1) is 5.92 Å². The summed E-state index contributed by atoms with van der Waals surface area (Å²) < 4.78 is 4.84. The lowest BCUT2D eigenvalue weighted by Crippen LogP contribution is -2.28. The van der Waals surface area contributed by atoms with Gasteiger partial charge >= 0.3 is 5.97 Å². The first kappa shape index (κ1) is 21.6.